The monoisotopic (exact) mass is 395 g/mol. The largest absolute Gasteiger partial charge is 0.336 e. The third-order valence-corrected chi connectivity index (χ3v) is 4.94. The number of thiophene rings is 1. The quantitative estimate of drug-likeness (QED) is 0.848. The van der Waals surface area contributed by atoms with Crippen molar-refractivity contribution in [2.45, 2.75) is 13.0 Å². The molecule has 2 amide bonds. The minimum atomic E-state index is -0.114. The topological polar surface area (TPSA) is 52.7 Å². The lowest BCUT2D eigenvalue weighted by Crippen LogP contribution is -2.54. The molecule has 1 atom stereocenters. The van der Waals surface area contributed by atoms with E-state index in [4.69, 9.17) is 0 Å². The van der Waals surface area contributed by atoms with Gasteiger partial charge in [0.25, 0.3) is 5.91 Å². The molecule has 1 aliphatic rings. The van der Waals surface area contributed by atoms with Crippen LogP contribution in [0.3, 0.4) is 0 Å². The van der Waals surface area contributed by atoms with E-state index < -0.39 is 0 Å². The van der Waals surface area contributed by atoms with Crippen molar-refractivity contribution in [1.82, 2.24) is 15.1 Å². The van der Waals surface area contributed by atoms with E-state index in [1.807, 2.05) is 17.9 Å². The van der Waals surface area contributed by atoms with E-state index in [-0.39, 0.29) is 36.8 Å². The Hall–Kier alpha value is -0.630. The summed E-state index contributed by atoms with van der Waals surface area (Å²) in [6, 6.07) is 3.79. The Morgan fingerprint density at radius 2 is 2.24 bits per heavy atom. The van der Waals surface area contributed by atoms with E-state index in [1.54, 1.807) is 13.1 Å². The van der Waals surface area contributed by atoms with Crippen molar-refractivity contribution in [3.05, 3.63) is 20.8 Å². The first-order valence-electron chi connectivity index (χ1n) is 6.50. The number of piperazine rings is 1. The summed E-state index contributed by atoms with van der Waals surface area (Å²) >= 11 is 4.71. The summed E-state index contributed by atoms with van der Waals surface area (Å²) in [4.78, 5) is 28.4. The van der Waals surface area contributed by atoms with Gasteiger partial charge in [-0.25, -0.2) is 0 Å². The van der Waals surface area contributed by atoms with Crippen LogP contribution in [-0.2, 0) is 4.79 Å². The molecule has 0 saturated carbocycles. The second-order valence-electron chi connectivity index (χ2n) is 4.91. The number of amides is 2. The average Bonchev–Trinajstić information content (AvgIpc) is 2.84. The van der Waals surface area contributed by atoms with Crippen LogP contribution in [0.1, 0.15) is 16.6 Å². The second-order valence-corrected chi connectivity index (χ2v) is 7.37. The van der Waals surface area contributed by atoms with Gasteiger partial charge in [-0.3, -0.25) is 9.59 Å². The van der Waals surface area contributed by atoms with Crippen LogP contribution in [0.5, 0.6) is 0 Å². The number of hydrogen-bond donors (Lipinski definition) is 1. The number of nitrogens with one attached hydrogen (secondary N) is 1. The van der Waals surface area contributed by atoms with Crippen LogP contribution in [0.25, 0.3) is 0 Å². The summed E-state index contributed by atoms with van der Waals surface area (Å²) in [6.07, 6.45) is 0. The summed E-state index contributed by atoms with van der Waals surface area (Å²) in [5.74, 6) is -0.109. The molecule has 0 bridgehead atoms. The first-order valence-corrected chi connectivity index (χ1v) is 8.11. The molecule has 0 aromatic carbocycles. The molecule has 1 saturated heterocycles. The smallest absolute Gasteiger partial charge is 0.264 e. The minimum Gasteiger partial charge on any atom is -0.336 e. The van der Waals surface area contributed by atoms with Crippen LogP contribution in [0.2, 0.25) is 0 Å². The lowest BCUT2D eigenvalue weighted by molar-refractivity contribution is -0.134. The van der Waals surface area contributed by atoms with Gasteiger partial charge in [0.15, 0.2) is 0 Å². The van der Waals surface area contributed by atoms with Gasteiger partial charge >= 0.3 is 0 Å². The molecular formula is C13H19BrClN3O2S. The second kappa shape index (κ2) is 8.12. The molecule has 2 rings (SSSR count). The molecule has 118 valence electrons. The third-order valence-electron chi connectivity index (χ3n) is 3.32. The van der Waals surface area contributed by atoms with Crippen molar-refractivity contribution in [3.63, 3.8) is 0 Å². The highest BCUT2D eigenvalue weighted by Gasteiger charge is 2.25. The third kappa shape index (κ3) is 4.67. The van der Waals surface area contributed by atoms with Crippen molar-refractivity contribution >= 4 is 51.5 Å². The Kier molecular flexibility index (Phi) is 7.12. The summed E-state index contributed by atoms with van der Waals surface area (Å²) in [7, 11) is 1.67. The highest BCUT2D eigenvalue weighted by atomic mass is 79.9. The molecule has 8 heteroatoms. The number of carbonyl (C=O) groups excluding carboxylic acids is 2. The zero-order valence-corrected chi connectivity index (χ0v) is 15.2. The van der Waals surface area contributed by atoms with E-state index in [0.29, 0.717) is 11.4 Å². The van der Waals surface area contributed by atoms with E-state index >= 15 is 0 Å². The van der Waals surface area contributed by atoms with E-state index in [0.717, 1.165) is 16.9 Å². The zero-order chi connectivity index (χ0) is 14.7. The number of halogens is 2. The average molecular weight is 397 g/mol. The molecule has 1 N–H and O–H groups in total. The fourth-order valence-corrected chi connectivity index (χ4v) is 3.58. The molecule has 0 radical (unpaired) electrons. The Morgan fingerprint density at radius 1 is 1.52 bits per heavy atom. The lowest BCUT2D eigenvalue weighted by Gasteiger charge is -2.35. The van der Waals surface area contributed by atoms with Crippen molar-refractivity contribution in [3.8, 4) is 0 Å². The molecule has 0 unspecified atom stereocenters. The molecule has 0 spiro atoms. The van der Waals surface area contributed by atoms with E-state index in [9.17, 15) is 9.59 Å². The zero-order valence-electron chi connectivity index (χ0n) is 12.0. The van der Waals surface area contributed by atoms with Crippen LogP contribution < -0.4 is 5.32 Å². The predicted molar refractivity (Wildman–Crippen MR) is 90.3 cm³/mol. The van der Waals surface area contributed by atoms with Gasteiger partial charge in [-0.2, -0.15) is 0 Å². The van der Waals surface area contributed by atoms with Gasteiger partial charge < -0.3 is 15.1 Å². The molecule has 1 aliphatic heterocycles. The Morgan fingerprint density at radius 3 is 2.81 bits per heavy atom. The lowest BCUT2D eigenvalue weighted by atomic mass is 10.2. The maximum Gasteiger partial charge on any atom is 0.264 e. The summed E-state index contributed by atoms with van der Waals surface area (Å²) in [6.45, 7) is 4.46. The first kappa shape index (κ1) is 18.4. The highest BCUT2D eigenvalue weighted by molar-refractivity contribution is 9.11. The number of likely N-dealkylation sites (N-methyl/N-ethyl adjacent to an activating group) is 1. The molecule has 2 heterocycles. The van der Waals surface area contributed by atoms with Crippen LogP contribution >= 0.6 is 39.7 Å². The maximum atomic E-state index is 12.3. The Labute approximate surface area is 143 Å². The fraction of sp³-hybridized carbons (Fsp3) is 0.538. The fourth-order valence-electron chi connectivity index (χ4n) is 2.19. The van der Waals surface area contributed by atoms with Gasteiger partial charge in [0, 0.05) is 32.7 Å². The summed E-state index contributed by atoms with van der Waals surface area (Å²) in [5, 5.41) is 3.25. The SMILES string of the molecule is C[C@H]1CNCCN1C(=O)CN(C)C(=O)c1ccc(Br)s1.Cl. The van der Waals surface area contributed by atoms with Gasteiger partial charge in [0.2, 0.25) is 5.91 Å². The predicted octanol–water partition coefficient (Wildman–Crippen LogP) is 1.82. The molecule has 21 heavy (non-hydrogen) atoms. The first-order chi connectivity index (χ1) is 9.49. The molecule has 1 aromatic heterocycles. The highest BCUT2D eigenvalue weighted by Crippen LogP contribution is 2.23. The normalized spacial score (nSPS) is 18.0. The number of rotatable bonds is 3. The van der Waals surface area contributed by atoms with Crippen LogP contribution in [0.4, 0.5) is 0 Å². The minimum absolute atomic E-state index is 0. The number of nitrogens with zero attached hydrogens (tertiary/aromatic N) is 2. The molecule has 5 nitrogen and oxygen atoms in total. The molecule has 1 fully saturated rings. The van der Waals surface area contributed by atoms with Gasteiger partial charge in [0.05, 0.1) is 15.2 Å². The standard InChI is InChI=1S/C13H18BrN3O2S.ClH/c1-9-7-15-5-6-17(9)12(18)8-16(2)13(19)10-3-4-11(14)20-10;/h3-4,9,15H,5-8H2,1-2H3;1H/t9-;/m0./s1. The Balaban J connectivity index is 0.00000220. The maximum absolute atomic E-state index is 12.3. The van der Waals surface area contributed by atoms with Crippen molar-refractivity contribution < 1.29 is 9.59 Å². The summed E-state index contributed by atoms with van der Waals surface area (Å²) in [5.41, 5.74) is 0. The number of carbonyl (C=O) groups is 2. The van der Waals surface area contributed by atoms with Crippen molar-refractivity contribution in [2.75, 3.05) is 33.2 Å². The van der Waals surface area contributed by atoms with Crippen LogP contribution in [0.15, 0.2) is 15.9 Å². The van der Waals surface area contributed by atoms with Gasteiger partial charge in [0.1, 0.15) is 0 Å². The summed E-state index contributed by atoms with van der Waals surface area (Å²) < 4.78 is 0.913. The number of hydrogen-bond acceptors (Lipinski definition) is 4. The van der Waals surface area contributed by atoms with Crippen LogP contribution in [-0.4, -0.2) is 60.9 Å². The van der Waals surface area contributed by atoms with E-state index in [1.165, 1.54) is 16.2 Å². The molecule has 0 aliphatic carbocycles. The molecule has 1 aromatic rings. The Bertz CT molecular complexity index is 511. The van der Waals surface area contributed by atoms with Gasteiger partial charge in [-0.1, -0.05) is 0 Å². The van der Waals surface area contributed by atoms with Crippen molar-refractivity contribution in [1.29, 1.82) is 0 Å². The van der Waals surface area contributed by atoms with Crippen LogP contribution in [0, 0.1) is 0 Å². The molecular weight excluding hydrogens is 378 g/mol. The van der Waals surface area contributed by atoms with Crippen molar-refractivity contribution in [2.24, 2.45) is 0 Å². The van der Waals surface area contributed by atoms with E-state index in [2.05, 4.69) is 21.2 Å². The van der Waals surface area contributed by atoms with Gasteiger partial charge in [-0.05, 0) is 35.0 Å². The van der Waals surface area contributed by atoms with Gasteiger partial charge in [-0.15, -0.1) is 23.7 Å².